The monoisotopic (exact) mass is 1360 g/mol. The van der Waals surface area contributed by atoms with E-state index in [4.69, 9.17) is 29.4 Å². The number of carbonyl (C=O) groups excluding carboxylic acids is 5. The van der Waals surface area contributed by atoms with Crippen molar-refractivity contribution in [3.63, 3.8) is 0 Å². The average molecular weight is 1360 g/mol. The molecule has 4 aliphatic rings. The van der Waals surface area contributed by atoms with E-state index in [9.17, 15) is 24.0 Å². The van der Waals surface area contributed by atoms with Gasteiger partial charge in [-0.3, -0.25) is 24.5 Å². The van der Waals surface area contributed by atoms with E-state index in [1.165, 1.54) is 57.8 Å². The van der Waals surface area contributed by atoms with E-state index in [0.717, 1.165) is 76.4 Å². The first kappa shape index (κ1) is 74.2. The van der Waals surface area contributed by atoms with E-state index in [2.05, 4.69) is 104 Å². The molecule has 100 heavy (non-hydrogen) atoms. The molecule has 534 valence electrons. The number of methoxy groups -OCH3 is 2. The van der Waals surface area contributed by atoms with E-state index < -0.39 is 41.5 Å². The number of fused-ring (bicyclic) bond motifs is 5. The van der Waals surface area contributed by atoms with Gasteiger partial charge in [0.1, 0.15) is 35.9 Å². The highest BCUT2D eigenvalue weighted by Crippen LogP contribution is 2.67. The number of rotatable bonds is 34. The van der Waals surface area contributed by atoms with Gasteiger partial charge in [0.2, 0.25) is 23.6 Å². The molecule has 3 saturated carbocycles. The van der Waals surface area contributed by atoms with Crippen molar-refractivity contribution in [2.75, 3.05) is 45.0 Å². The maximum Gasteiger partial charge on any atom is 0.514 e. The highest BCUT2D eigenvalue weighted by atomic mass is 16.7. The Morgan fingerprint density at radius 1 is 0.600 bits per heavy atom. The minimum atomic E-state index is -1.12. The van der Waals surface area contributed by atoms with Crippen molar-refractivity contribution >= 4 is 41.2 Å². The molecule has 6 aromatic carbocycles. The lowest BCUT2D eigenvalue weighted by molar-refractivity contribution is -0.131. The lowest BCUT2D eigenvalue weighted by Gasteiger charge is -2.58. The highest BCUT2D eigenvalue weighted by Gasteiger charge is 2.59. The molecule has 16 heteroatoms. The first-order valence-corrected chi connectivity index (χ1v) is 36.8. The molecule has 7 N–H and O–H groups in total. The number of benzene rings is 6. The first-order valence-electron chi connectivity index (χ1n) is 36.8. The molecule has 0 saturated heterocycles. The summed E-state index contributed by atoms with van der Waals surface area (Å²) in [5.41, 5.74) is 12.8. The maximum absolute atomic E-state index is 14.8. The van der Waals surface area contributed by atoms with Gasteiger partial charge in [-0.1, -0.05) is 163 Å². The number of anilines is 2. The number of hydrogen-bond donors (Lipinski definition) is 6. The Kier molecular flexibility index (Phi) is 26.1. The fourth-order valence-electron chi connectivity index (χ4n) is 17.2. The summed E-state index contributed by atoms with van der Waals surface area (Å²) in [5.74, 6) is 4.68. The van der Waals surface area contributed by atoms with Crippen LogP contribution in [0.2, 0.25) is 0 Å². The van der Waals surface area contributed by atoms with E-state index in [1.807, 2.05) is 60.7 Å². The Labute approximate surface area is 593 Å². The van der Waals surface area contributed by atoms with Crippen molar-refractivity contribution in [1.82, 2.24) is 21.3 Å². The summed E-state index contributed by atoms with van der Waals surface area (Å²) in [5, 5.41) is 15.9. The number of carbonyl (C=O) groups is 5. The Morgan fingerprint density at radius 3 is 1.91 bits per heavy atom. The van der Waals surface area contributed by atoms with Crippen LogP contribution in [0.5, 0.6) is 17.2 Å². The topological polar surface area (TPSA) is 218 Å². The molecule has 0 aromatic heterocycles. The first-order chi connectivity index (χ1) is 48.4. The normalized spacial score (nSPS) is 21.7. The zero-order chi connectivity index (χ0) is 70.7. The van der Waals surface area contributed by atoms with Gasteiger partial charge in [-0.05, 0) is 218 Å². The number of nitrogens with two attached hydrogens (primary N) is 1. The third-order valence-electron chi connectivity index (χ3n) is 22.6. The summed E-state index contributed by atoms with van der Waals surface area (Å²) in [7, 11) is 3.22. The minimum Gasteiger partial charge on any atom is -0.497 e. The summed E-state index contributed by atoms with van der Waals surface area (Å²) in [6.07, 6.45) is 17.8. The highest BCUT2D eigenvalue weighted by molar-refractivity contribution is 5.98. The van der Waals surface area contributed by atoms with E-state index in [0.29, 0.717) is 67.1 Å². The second-order valence-electron chi connectivity index (χ2n) is 29.5. The lowest BCUT2D eigenvalue weighted by atomic mass is 9.47. The summed E-state index contributed by atoms with van der Waals surface area (Å²) in [6.45, 7) is 13.9. The molecular weight excluding hydrogens is 1250 g/mol. The summed E-state index contributed by atoms with van der Waals surface area (Å²) >= 11 is 0. The largest absolute Gasteiger partial charge is 0.514 e. The number of amides is 4. The SMILES string of the molecule is COc1ccc(C[C@H](NC(=O)CCC(=O)NCCCO[C@H]2CC[C@@]3(C)C(=CC[C@H]4[C@@H]5CC[C@H]([C@H](C)CCCC(C)C)[C@@]5(C)CC[C@@H]43)C2)C(=O)N[C@@H](CCCCNC(c2ccccc2)(c2ccccc2)c2ccc(OC)cc2)C(=O)Nc2ccc(COC(=O)Oc3ccc(N)cc3)cc2)cc1. The van der Waals surface area contributed by atoms with Crippen LogP contribution in [0.4, 0.5) is 16.2 Å². The Hall–Kier alpha value is -8.47. The molecule has 10 atom stereocenters. The molecule has 16 nitrogen and oxygen atoms in total. The zero-order valence-corrected chi connectivity index (χ0v) is 60.0. The van der Waals surface area contributed by atoms with Crippen molar-refractivity contribution in [1.29, 1.82) is 0 Å². The van der Waals surface area contributed by atoms with Gasteiger partial charge in [0.15, 0.2) is 0 Å². The minimum absolute atomic E-state index is 0.0783. The van der Waals surface area contributed by atoms with Gasteiger partial charge < -0.3 is 50.7 Å². The molecule has 0 aliphatic heterocycles. The van der Waals surface area contributed by atoms with Crippen molar-refractivity contribution in [3.05, 3.63) is 197 Å². The Morgan fingerprint density at radius 2 is 1.24 bits per heavy atom. The molecule has 3 fully saturated rings. The zero-order valence-electron chi connectivity index (χ0n) is 60.0. The summed E-state index contributed by atoms with van der Waals surface area (Å²) in [4.78, 5) is 69.2. The summed E-state index contributed by atoms with van der Waals surface area (Å²) < 4.78 is 28.2. The second kappa shape index (κ2) is 35.2. The van der Waals surface area contributed by atoms with Crippen LogP contribution in [0.25, 0.3) is 0 Å². The number of nitrogens with one attached hydrogen (secondary N) is 5. The van der Waals surface area contributed by atoms with Crippen molar-refractivity contribution in [3.8, 4) is 17.2 Å². The van der Waals surface area contributed by atoms with Gasteiger partial charge in [0, 0.05) is 43.8 Å². The van der Waals surface area contributed by atoms with Gasteiger partial charge >= 0.3 is 6.16 Å². The van der Waals surface area contributed by atoms with Gasteiger partial charge in [-0.25, -0.2) is 4.79 Å². The number of ether oxygens (including phenoxy) is 5. The number of hydrogen-bond acceptors (Lipinski definition) is 12. The van der Waals surface area contributed by atoms with Crippen LogP contribution < -0.4 is 46.5 Å². The van der Waals surface area contributed by atoms with E-state index in [1.54, 1.807) is 80.5 Å². The van der Waals surface area contributed by atoms with Crippen molar-refractivity contribution in [2.24, 2.45) is 46.3 Å². The van der Waals surface area contributed by atoms with E-state index >= 15 is 0 Å². The van der Waals surface area contributed by atoms with Crippen LogP contribution in [-0.2, 0) is 47.2 Å². The van der Waals surface area contributed by atoms with Gasteiger partial charge in [-0.2, -0.15) is 0 Å². The lowest BCUT2D eigenvalue weighted by Crippen LogP contribution is -2.53. The van der Waals surface area contributed by atoms with Crippen LogP contribution in [0.3, 0.4) is 0 Å². The Bertz CT molecular complexity index is 3600. The van der Waals surface area contributed by atoms with Crippen LogP contribution in [0.1, 0.15) is 172 Å². The van der Waals surface area contributed by atoms with Gasteiger partial charge in [0.05, 0.1) is 25.9 Å². The molecule has 10 rings (SSSR count). The molecule has 0 heterocycles. The maximum atomic E-state index is 14.8. The van der Waals surface area contributed by atoms with Gasteiger partial charge in [-0.15, -0.1) is 0 Å². The predicted molar refractivity (Wildman–Crippen MR) is 395 cm³/mol. The van der Waals surface area contributed by atoms with Crippen LogP contribution in [0, 0.1) is 46.3 Å². The molecule has 4 amide bonds. The van der Waals surface area contributed by atoms with Crippen molar-refractivity contribution < 1.29 is 47.7 Å². The number of nitrogen functional groups attached to an aromatic ring is 1. The predicted octanol–water partition coefficient (Wildman–Crippen LogP) is 15.6. The second-order valence-corrected chi connectivity index (χ2v) is 29.5. The fraction of sp³-hybridized carbons (Fsp3) is 0.488. The van der Waals surface area contributed by atoms with Crippen molar-refractivity contribution in [2.45, 2.75) is 181 Å². The standard InChI is InChI=1S/C84H108N6O10/c1-57(2)18-16-19-58(3)72-43-44-73-71-42-31-64-55-70(47-49-82(64,4)74(71)48-50-83(72,73)5)98-53-17-51-86-77(91)45-46-78(92)89-76(54-59-27-36-67(96-6)37-28-59)80(94)90-75(79(93)88-66-34-25-60(26-35-66)56-99-81(95)100-69-40-32-65(85)33-41-69)24-14-15-52-87-84(61-20-10-8-11-21-61,62-22-12-9-13-23-62)63-29-38-68(97-7)39-30-63/h8-13,20-23,25-41,57-58,70-76,87H,14-19,24,42-56,85H2,1-7H3,(H,86,91)(H,88,93)(H,89,92)(H,90,94)/t58-,70+,71+,72-,73+,74+,75+,76+,82+,83-/m1/s1. The van der Waals surface area contributed by atoms with Gasteiger partial charge in [0.25, 0.3) is 0 Å². The molecule has 4 aliphatic carbocycles. The summed E-state index contributed by atoms with van der Waals surface area (Å²) in [6, 6.07) is 46.8. The van der Waals surface area contributed by atoms with Crippen LogP contribution in [-0.4, -0.2) is 81.9 Å². The Balaban J connectivity index is 0.746. The average Bonchev–Trinajstić information content (AvgIpc) is 1.39. The fourth-order valence-corrected chi connectivity index (χ4v) is 17.2. The third-order valence-corrected chi connectivity index (χ3v) is 22.6. The van der Waals surface area contributed by atoms with Crippen LogP contribution in [0.15, 0.2) is 169 Å². The smallest absolute Gasteiger partial charge is 0.497 e. The quantitative estimate of drug-likeness (QED) is 0.00555. The van der Waals surface area contributed by atoms with Crippen LogP contribution >= 0.6 is 0 Å². The molecule has 0 unspecified atom stereocenters. The molecule has 0 bridgehead atoms. The number of allylic oxidation sites excluding steroid dienone is 1. The molecule has 0 spiro atoms. The molecular formula is C84H108N6O10. The molecule has 6 aromatic rings. The number of unbranched alkanes of at least 4 members (excludes halogenated alkanes) is 1. The molecule has 0 radical (unpaired) electrons. The third kappa shape index (κ3) is 18.9. The van der Waals surface area contributed by atoms with E-state index in [-0.39, 0.29) is 55.5 Å².